The van der Waals surface area contributed by atoms with Crippen LogP contribution in [-0.4, -0.2) is 4.57 Å². The fourth-order valence-corrected chi connectivity index (χ4v) is 9.03. The zero-order valence-corrected chi connectivity index (χ0v) is 30.2. The summed E-state index contributed by atoms with van der Waals surface area (Å²) < 4.78 is 15.7. The van der Waals surface area contributed by atoms with Gasteiger partial charge in [-0.1, -0.05) is 133 Å². The summed E-state index contributed by atoms with van der Waals surface area (Å²) in [6.07, 6.45) is 0. The summed E-state index contributed by atoms with van der Waals surface area (Å²) in [5.74, 6) is 0. The molecule has 0 saturated heterocycles. The summed E-state index contributed by atoms with van der Waals surface area (Å²) in [7, 11) is 0. The molecule has 262 valence electrons. The van der Waals surface area contributed by atoms with Crippen LogP contribution in [0, 0.1) is 0 Å². The summed E-state index contributed by atoms with van der Waals surface area (Å²) in [6, 6.07) is 69.0. The van der Waals surface area contributed by atoms with Gasteiger partial charge in [-0.15, -0.1) is 0 Å². The lowest BCUT2D eigenvalue weighted by Crippen LogP contribution is -2.14. The third-order valence-electron chi connectivity index (χ3n) is 11.4. The van der Waals surface area contributed by atoms with Gasteiger partial charge in [-0.3, -0.25) is 0 Å². The molecular formula is C52H32N2O2. The Labute approximate surface area is 321 Å². The first-order chi connectivity index (χ1) is 27.8. The van der Waals surface area contributed by atoms with E-state index in [1.807, 2.05) is 12.1 Å². The predicted octanol–water partition coefficient (Wildman–Crippen LogP) is 14.9. The molecule has 0 aliphatic rings. The zero-order chi connectivity index (χ0) is 36.7. The Morgan fingerprint density at radius 2 is 0.911 bits per heavy atom. The van der Waals surface area contributed by atoms with Gasteiger partial charge in [0.2, 0.25) is 0 Å². The van der Waals surface area contributed by atoms with Crippen molar-refractivity contribution in [3.63, 3.8) is 0 Å². The minimum atomic E-state index is 0.841. The normalized spacial score (nSPS) is 11.9. The molecule has 3 aromatic heterocycles. The van der Waals surface area contributed by atoms with Crippen LogP contribution in [0.3, 0.4) is 0 Å². The highest BCUT2D eigenvalue weighted by Gasteiger charge is 2.26. The summed E-state index contributed by atoms with van der Waals surface area (Å²) in [6.45, 7) is 0. The van der Waals surface area contributed by atoms with E-state index in [2.05, 4.69) is 191 Å². The van der Waals surface area contributed by atoms with E-state index < -0.39 is 0 Å². The monoisotopic (exact) mass is 716 g/mol. The molecule has 0 atom stereocenters. The largest absolute Gasteiger partial charge is 0.456 e. The van der Waals surface area contributed by atoms with Crippen molar-refractivity contribution in [1.82, 2.24) is 4.57 Å². The Balaban J connectivity index is 1.22. The van der Waals surface area contributed by atoms with Crippen LogP contribution < -0.4 is 4.90 Å². The SMILES string of the molecule is c1ccc(N(c2ccccc2-n2c3ccccc3c3ccccc32)c2cccc3oc4c5ccccc5ccc4c23)c(-c2cccc3oc4ccccc4c23)c1. The Bertz CT molecular complexity index is 3460. The Hall–Kier alpha value is -7.56. The number of benzene rings is 9. The van der Waals surface area contributed by atoms with E-state index in [1.165, 1.54) is 10.8 Å². The van der Waals surface area contributed by atoms with Crippen molar-refractivity contribution in [3.8, 4) is 16.8 Å². The van der Waals surface area contributed by atoms with Crippen LogP contribution >= 0.6 is 0 Å². The fourth-order valence-electron chi connectivity index (χ4n) is 9.03. The van der Waals surface area contributed by atoms with Gasteiger partial charge >= 0.3 is 0 Å². The van der Waals surface area contributed by atoms with Gasteiger partial charge in [-0.05, 0) is 71.6 Å². The highest BCUT2D eigenvalue weighted by molar-refractivity contribution is 6.21. The summed E-state index contributed by atoms with van der Waals surface area (Å²) in [5, 5.41) is 9.03. The van der Waals surface area contributed by atoms with Crippen molar-refractivity contribution < 1.29 is 8.83 Å². The predicted molar refractivity (Wildman–Crippen MR) is 233 cm³/mol. The van der Waals surface area contributed by atoms with E-state index in [9.17, 15) is 0 Å². The molecule has 0 unspecified atom stereocenters. The first-order valence-electron chi connectivity index (χ1n) is 19.0. The van der Waals surface area contributed by atoms with E-state index in [0.717, 1.165) is 99.6 Å². The van der Waals surface area contributed by atoms with E-state index in [0.29, 0.717) is 0 Å². The third kappa shape index (κ3) is 4.41. The summed E-state index contributed by atoms with van der Waals surface area (Å²) in [4.78, 5) is 2.45. The van der Waals surface area contributed by atoms with E-state index in [4.69, 9.17) is 8.83 Å². The molecule has 9 aromatic carbocycles. The number of hydrogen-bond donors (Lipinski definition) is 0. The fraction of sp³-hybridized carbons (Fsp3) is 0. The molecule has 12 aromatic rings. The number of furan rings is 2. The average molecular weight is 717 g/mol. The maximum atomic E-state index is 6.81. The average Bonchev–Trinajstić information content (AvgIpc) is 3.94. The molecule has 0 amide bonds. The lowest BCUT2D eigenvalue weighted by atomic mass is 9.96. The van der Waals surface area contributed by atoms with E-state index in [-0.39, 0.29) is 0 Å². The molecule has 12 rings (SSSR count). The van der Waals surface area contributed by atoms with Crippen LogP contribution in [0.15, 0.2) is 203 Å². The van der Waals surface area contributed by atoms with Crippen molar-refractivity contribution >= 4 is 93.5 Å². The number of nitrogens with zero attached hydrogens (tertiary/aromatic N) is 2. The second kappa shape index (κ2) is 12.0. The number of hydrogen-bond acceptors (Lipinski definition) is 3. The Kier molecular flexibility index (Phi) is 6.60. The molecule has 0 aliphatic carbocycles. The molecule has 0 fully saturated rings. The van der Waals surface area contributed by atoms with Gasteiger partial charge in [0, 0.05) is 37.9 Å². The van der Waals surface area contributed by atoms with Crippen LogP contribution in [0.4, 0.5) is 17.1 Å². The molecule has 0 spiro atoms. The van der Waals surface area contributed by atoms with Gasteiger partial charge < -0.3 is 18.3 Å². The van der Waals surface area contributed by atoms with Crippen molar-refractivity contribution in [2.45, 2.75) is 0 Å². The molecule has 0 aliphatic heterocycles. The first-order valence-corrected chi connectivity index (χ1v) is 19.0. The minimum absolute atomic E-state index is 0.841. The van der Waals surface area contributed by atoms with Gasteiger partial charge in [-0.25, -0.2) is 0 Å². The molecule has 56 heavy (non-hydrogen) atoms. The van der Waals surface area contributed by atoms with Gasteiger partial charge in [0.1, 0.15) is 22.3 Å². The zero-order valence-electron chi connectivity index (χ0n) is 30.2. The Morgan fingerprint density at radius 1 is 0.339 bits per heavy atom. The number of aromatic nitrogens is 1. The quantitative estimate of drug-likeness (QED) is 0.178. The number of anilines is 3. The third-order valence-corrected chi connectivity index (χ3v) is 11.4. The molecule has 0 bridgehead atoms. The van der Waals surface area contributed by atoms with Crippen LogP contribution in [-0.2, 0) is 0 Å². The van der Waals surface area contributed by atoms with Crippen LogP contribution in [0.1, 0.15) is 0 Å². The van der Waals surface area contributed by atoms with Crippen LogP contribution in [0.2, 0.25) is 0 Å². The maximum Gasteiger partial charge on any atom is 0.143 e. The number of fused-ring (bicyclic) bond motifs is 11. The molecule has 3 heterocycles. The van der Waals surface area contributed by atoms with Crippen LogP contribution in [0.5, 0.6) is 0 Å². The number of rotatable bonds is 5. The van der Waals surface area contributed by atoms with E-state index >= 15 is 0 Å². The topological polar surface area (TPSA) is 34.5 Å². The van der Waals surface area contributed by atoms with Crippen molar-refractivity contribution in [3.05, 3.63) is 194 Å². The second-order valence-electron chi connectivity index (χ2n) is 14.4. The first kappa shape index (κ1) is 30.9. The lowest BCUT2D eigenvalue weighted by Gasteiger charge is -2.30. The van der Waals surface area contributed by atoms with Crippen molar-refractivity contribution in [1.29, 1.82) is 0 Å². The van der Waals surface area contributed by atoms with Gasteiger partial charge in [0.05, 0.1) is 39.2 Å². The van der Waals surface area contributed by atoms with Gasteiger partial charge in [0.25, 0.3) is 0 Å². The molecule has 0 N–H and O–H groups in total. The summed E-state index contributed by atoms with van der Waals surface area (Å²) >= 11 is 0. The lowest BCUT2D eigenvalue weighted by molar-refractivity contribution is 0.669. The van der Waals surface area contributed by atoms with Gasteiger partial charge in [0.15, 0.2) is 0 Å². The minimum Gasteiger partial charge on any atom is -0.456 e. The smallest absolute Gasteiger partial charge is 0.143 e. The maximum absolute atomic E-state index is 6.81. The molecule has 0 radical (unpaired) electrons. The molecule has 4 nitrogen and oxygen atoms in total. The number of para-hydroxylation sites is 6. The molecule has 4 heteroatoms. The summed E-state index contributed by atoms with van der Waals surface area (Å²) in [5.41, 5.74) is 12.2. The molecule has 0 saturated carbocycles. The molecular weight excluding hydrogens is 685 g/mol. The Morgan fingerprint density at radius 3 is 1.73 bits per heavy atom. The van der Waals surface area contributed by atoms with E-state index in [1.54, 1.807) is 0 Å². The highest BCUT2D eigenvalue weighted by atomic mass is 16.3. The van der Waals surface area contributed by atoms with Crippen LogP contribution in [0.25, 0.3) is 93.3 Å². The van der Waals surface area contributed by atoms with Gasteiger partial charge in [-0.2, -0.15) is 0 Å². The highest BCUT2D eigenvalue weighted by Crippen LogP contribution is 2.50. The second-order valence-corrected chi connectivity index (χ2v) is 14.4. The van der Waals surface area contributed by atoms with Crippen molar-refractivity contribution in [2.24, 2.45) is 0 Å². The van der Waals surface area contributed by atoms with Crippen molar-refractivity contribution in [2.75, 3.05) is 4.90 Å². The standard InChI is InChI=1S/C52H32N2O2/c1-2-16-34-33(15-1)31-32-40-51-46(27-14-30-49(51)56-52(34)40)54(43-24-9-5-19-37(43)38-21-13-29-48-50(38)39-20-6-12-28-47(39)55-48)45-26-11-10-25-44(45)53-41-22-7-3-17-35(41)36-18-4-8-23-42(36)53/h1-32H.